The van der Waals surface area contributed by atoms with Crippen LogP contribution in [0.25, 0.3) is 10.9 Å². The number of amides is 1. The summed E-state index contributed by atoms with van der Waals surface area (Å²) in [5.41, 5.74) is 1.01. The summed E-state index contributed by atoms with van der Waals surface area (Å²) in [4.78, 5) is 11.5. The molecule has 0 saturated heterocycles. The quantitative estimate of drug-likeness (QED) is 0.869. The Morgan fingerprint density at radius 1 is 1.39 bits per heavy atom. The molecule has 0 spiro atoms. The third-order valence-corrected chi connectivity index (χ3v) is 3.80. The molecule has 1 aromatic carbocycles. The lowest BCUT2D eigenvalue weighted by atomic mass is 10.2. The molecule has 0 atom stereocenters. The molecule has 1 fully saturated rings. The molecule has 0 radical (unpaired) electrons. The predicted octanol–water partition coefficient (Wildman–Crippen LogP) is 2.38. The third-order valence-electron chi connectivity index (χ3n) is 2.96. The van der Waals surface area contributed by atoms with E-state index in [1.165, 1.54) is 11.5 Å². The molecule has 2 aromatic rings. The topological polar surface area (TPSA) is 54.0 Å². The van der Waals surface area contributed by atoms with E-state index in [2.05, 4.69) is 15.0 Å². The van der Waals surface area contributed by atoms with Crippen molar-refractivity contribution >= 4 is 33.3 Å². The fourth-order valence-electron chi connectivity index (χ4n) is 1.83. The van der Waals surface area contributed by atoms with Crippen LogP contribution in [0.3, 0.4) is 0 Å². The Morgan fingerprint density at radius 3 is 3.06 bits per heavy atom. The molecule has 1 heterocycles. The predicted molar refractivity (Wildman–Crippen MR) is 73.9 cm³/mol. The van der Waals surface area contributed by atoms with Crippen molar-refractivity contribution in [3.8, 4) is 0 Å². The number of anilines is 1. The Kier molecular flexibility index (Phi) is 3.15. The zero-order valence-corrected chi connectivity index (χ0v) is 10.8. The lowest BCUT2D eigenvalue weighted by Gasteiger charge is -2.04. The van der Waals surface area contributed by atoms with Crippen LogP contribution < -0.4 is 10.6 Å². The number of nitrogens with one attached hydrogen (secondary N) is 2. The Morgan fingerprint density at radius 2 is 2.22 bits per heavy atom. The molecular formula is C13H15N3OS. The van der Waals surface area contributed by atoms with Gasteiger partial charge in [0.05, 0.1) is 5.52 Å². The minimum atomic E-state index is 0.138. The normalized spacial score (nSPS) is 14.7. The molecule has 1 aromatic heterocycles. The number of benzene rings is 1. The zero-order valence-electron chi connectivity index (χ0n) is 9.98. The number of fused-ring (bicyclic) bond motifs is 1. The molecule has 3 rings (SSSR count). The van der Waals surface area contributed by atoms with Crippen molar-refractivity contribution in [1.82, 2.24) is 9.69 Å². The van der Waals surface area contributed by atoms with E-state index >= 15 is 0 Å². The first-order chi connectivity index (χ1) is 8.83. The van der Waals surface area contributed by atoms with E-state index in [1.54, 1.807) is 0 Å². The number of aromatic nitrogens is 1. The maximum absolute atomic E-state index is 11.5. The molecule has 1 amide bonds. The second-order valence-electron chi connectivity index (χ2n) is 4.55. The Balaban J connectivity index is 1.54. The maximum atomic E-state index is 11.5. The molecule has 4 nitrogen and oxygen atoms in total. The molecule has 1 aliphatic carbocycles. The summed E-state index contributed by atoms with van der Waals surface area (Å²) in [6, 6.07) is 8.47. The second-order valence-corrected chi connectivity index (χ2v) is 5.32. The Labute approximate surface area is 110 Å². The summed E-state index contributed by atoms with van der Waals surface area (Å²) in [7, 11) is 0. The largest absolute Gasteiger partial charge is 0.375 e. The van der Waals surface area contributed by atoms with E-state index in [-0.39, 0.29) is 5.91 Å². The molecule has 0 unspecified atom stereocenters. The van der Waals surface area contributed by atoms with Crippen molar-refractivity contribution in [3.63, 3.8) is 0 Å². The standard InChI is InChI=1S/C13H15N3OS/c17-12(15-9-5-6-9)7-8-14-13-10-3-1-2-4-11(10)16-18-13/h1-4,9,14H,5-8H2,(H,15,17). The highest BCUT2D eigenvalue weighted by Crippen LogP contribution is 2.27. The first-order valence-corrected chi connectivity index (χ1v) is 6.98. The van der Waals surface area contributed by atoms with E-state index in [4.69, 9.17) is 0 Å². The molecule has 94 valence electrons. The van der Waals surface area contributed by atoms with Crippen LogP contribution in [0.4, 0.5) is 5.00 Å². The first-order valence-electron chi connectivity index (χ1n) is 6.20. The fourth-order valence-corrected chi connectivity index (χ4v) is 2.62. The number of hydrogen-bond acceptors (Lipinski definition) is 4. The van der Waals surface area contributed by atoms with Gasteiger partial charge < -0.3 is 10.6 Å². The monoisotopic (exact) mass is 261 g/mol. The van der Waals surface area contributed by atoms with Crippen molar-refractivity contribution in [1.29, 1.82) is 0 Å². The van der Waals surface area contributed by atoms with Gasteiger partial charge in [-0.15, -0.1) is 0 Å². The van der Waals surface area contributed by atoms with Crippen molar-refractivity contribution in [2.24, 2.45) is 0 Å². The van der Waals surface area contributed by atoms with E-state index in [9.17, 15) is 4.79 Å². The van der Waals surface area contributed by atoms with E-state index in [1.807, 2.05) is 24.3 Å². The van der Waals surface area contributed by atoms with Crippen LogP contribution in [0.1, 0.15) is 19.3 Å². The Bertz CT molecular complexity index is 562. The summed E-state index contributed by atoms with van der Waals surface area (Å²) in [5.74, 6) is 0.138. The minimum absolute atomic E-state index is 0.138. The molecule has 18 heavy (non-hydrogen) atoms. The van der Waals surface area contributed by atoms with Crippen molar-refractivity contribution < 1.29 is 4.79 Å². The lowest BCUT2D eigenvalue weighted by Crippen LogP contribution is -2.27. The number of nitrogens with zero attached hydrogens (tertiary/aromatic N) is 1. The molecule has 2 N–H and O–H groups in total. The average Bonchev–Trinajstić information content (AvgIpc) is 3.09. The van der Waals surface area contributed by atoms with Gasteiger partial charge in [0.1, 0.15) is 5.00 Å². The van der Waals surface area contributed by atoms with Crippen LogP contribution in [-0.4, -0.2) is 22.9 Å². The van der Waals surface area contributed by atoms with Crippen molar-refractivity contribution in [2.75, 3.05) is 11.9 Å². The highest BCUT2D eigenvalue weighted by atomic mass is 32.1. The molecule has 0 bridgehead atoms. The molecule has 0 aliphatic heterocycles. The number of rotatable bonds is 5. The van der Waals surface area contributed by atoms with Crippen molar-refractivity contribution in [2.45, 2.75) is 25.3 Å². The number of carbonyl (C=O) groups is 1. The SMILES string of the molecule is O=C(CCNc1snc2ccccc12)NC1CC1. The van der Waals surface area contributed by atoms with Gasteiger partial charge in [0.15, 0.2) is 0 Å². The summed E-state index contributed by atoms with van der Waals surface area (Å²) in [6.07, 6.45) is 2.79. The summed E-state index contributed by atoms with van der Waals surface area (Å²) >= 11 is 1.45. The van der Waals surface area contributed by atoms with Crippen molar-refractivity contribution in [3.05, 3.63) is 24.3 Å². The zero-order chi connectivity index (χ0) is 12.4. The molecule has 1 aliphatic rings. The van der Waals surface area contributed by atoms with Gasteiger partial charge in [-0.25, -0.2) is 0 Å². The highest BCUT2D eigenvalue weighted by molar-refractivity contribution is 7.11. The van der Waals surface area contributed by atoms with Crippen LogP contribution in [0, 0.1) is 0 Å². The van der Waals surface area contributed by atoms with Gasteiger partial charge in [-0.3, -0.25) is 4.79 Å². The van der Waals surface area contributed by atoms with Crippen LogP contribution in [0.2, 0.25) is 0 Å². The molecule has 1 saturated carbocycles. The van der Waals surface area contributed by atoms with Crippen LogP contribution in [0.5, 0.6) is 0 Å². The van der Waals surface area contributed by atoms with Gasteiger partial charge in [0, 0.05) is 24.4 Å². The van der Waals surface area contributed by atoms with Gasteiger partial charge in [0.25, 0.3) is 0 Å². The van der Waals surface area contributed by atoms with E-state index in [0.29, 0.717) is 19.0 Å². The second kappa shape index (κ2) is 4.94. The summed E-state index contributed by atoms with van der Waals surface area (Å²) in [5, 5.41) is 8.44. The summed E-state index contributed by atoms with van der Waals surface area (Å²) < 4.78 is 4.35. The molecule has 5 heteroatoms. The van der Waals surface area contributed by atoms with Gasteiger partial charge in [0.2, 0.25) is 5.91 Å². The van der Waals surface area contributed by atoms with Gasteiger partial charge in [-0.1, -0.05) is 12.1 Å². The number of carbonyl (C=O) groups excluding carboxylic acids is 1. The van der Waals surface area contributed by atoms with Crippen LogP contribution >= 0.6 is 11.5 Å². The maximum Gasteiger partial charge on any atom is 0.221 e. The fraction of sp³-hybridized carbons (Fsp3) is 0.385. The lowest BCUT2D eigenvalue weighted by molar-refractivity contribution is -0.120. The number of hydrogen-bond donors (Lipinski definition) is 2. The first kappa shape index (κ1) is 11.5. The third kappa shape index (κ3) is 2.61. The van der Waals surface area contributed by atoms with E-state index < -0.39 is 0 Å². The van der Waals surface area contributed by atoms with Gasteiger partial charge >= 0.3 is 0 Å². The highest BCUT2D eigenvalue weighted by Gasteiger charge is 2.22. The molecular weight excluding hydrogens is 246 g/mol. The van der Waals surface area contributed by atoms with Crippen LogP contribution in [0.15, 0.2) is 24.3 Å². The van der Waals surface area contributed by atoms with Gasteiger partial charge in [-0.2, -0.15) is 4.37 Å². The minimum Gasteiger partial charge on any atom is -0.375 e. The van der Waals surface area contributed by atoms with Gasteiger partial charge in [-0.05, 0) is 36.5 Å². The smallest absolute Gasteiger partial charge is 0.221 e. The average molecular weight is 261 g/mol. The Hall–Kier alpha value is -1.62. The summed E-state index contributed by atoms with van der Waals surface area (Å²) in [6.45, 7) is 0.657. The van der Waals surface area contributed by atoms with E-state index in [0.717, 1.165) is 28.7 Å². The van der Waals surface area contributed by atoms with Crippen LogP contribution in [-0.2, 0) is 4.79 Å².